The summed E-state index contributed by atoms with van der Waals surface area (Å²) in [6, 6.07) is 3.25. The van der Waals surface area contributed by atoms with Crippen LogP contribution in [-0.4, -0.2) is 21.7 Å². The summed E-state index contributed by atoms with van der Waals surface area (Å²) in [6.07, 6.45) is 0.359. The highest BCUT2D eigenvalue weighted by molar-refractivity contribution is 5.62. The molecule has 0 amide bonds. The fourth-order valence-corrected chi connectivity index (χ4v) is 1.69. The van der Waals surface area contributed by atoms with Gasteiger partial charge in [-0.1, -0.05) is 0 Å². The van der Waals surface area contributed by atoms with E-state index in [0.717, 1.165) is 18.2 Å². The molecule has 0 radical (unpaired) electrons. The molecule has 0 saturated carbocycles. The molecule has 90 valence electrons. The minimum absolute atomic E-state index is 0.0436. The molecule has 5 heteroatoms. The molecular weight excluding hydrogens is 226 g/mol. The molecule has 3 nitrogen and oxygen atoms in total. The van der Waals surface area contributed by atoms with Crippen LogP contribution in [0.2, 0.25) is 0 Å². The van der Waals surface area contributed by atoms with Gasteiger partial charge in [-0.25, -0.2) is 13.8 Å². The lowest BCUT2D eigenvalue weighted by molar-refractivity contribution is 0.297. The van der Waals surface area contributed by atoms with E-state index in [4.69, 9.17) is 5.11 Å². The van der Waals surface area contributed by atoms with Crippen molar-refractivity contribution >= 4 is 0 Å². The Morgan fingerprint density at radius 2 is 2.12 bits per heavy atom. The standard InChI is InChI=1S/C12H12F2N2O/c1-7-12(16-11(15-7)4-5-17)9-6-8(13)2-3-10(9)14/h2-3,6,17H,4-5H2,1H3,(H,15,16). The highest BCUT2D eigenvalue weighted by Crippen LogP contribution is 2.25. The lowest BCUT2D eigenvalue weighted by Crippen LogP contribution is -1.93. The molecule has 2 N–H and O–H groups in total. The first-order chi connectivity index (χ1) is 8.11. The van der Waals surface area contributed by atoms with Crippen molar-refractivity contribution in [3.8, 4) is 11.3 Å². The Morgan fingerprint density at radius 3 is 2.82 bits per heavy atom. The number of aliphatic hydroxyl groups is 1. The van der Waals surface area contributed by atoms with Gasteiger partial charge in [0.1, 0.15) is 17.5 Å². The Balaban J connectivity index is 2.48. The van der Waals surface area contributed by atoms with Crippen LogP contribution in [0.5, 0.6) is 0 Å². The van der Waals surface area contributed by atoms with Crippen LogP contribution in [-0.2, 0) is 6.42 Å². The minimum atomic E-state index is -0.517. The van der Waals surface area contributed by atoms with E-state index in [1.807, 2.05) is 0 Å². The Morgan fingerprint density at radius 1 is 1.35 bits per heavy atom. The Hall–Kier alpha value is -1.75. The molecule has 2 rings (SSSR count). The Kier molecular flexibility index (Phi) is 3.19. The second-order valence-electron chi connectivity index (χ2n) is 3.75. The molecular formula is C12H12F2N2O. The number of nitrogens with zero attached hydrogens (tertiary/aromatic N) is 1. The monoisotopic (exact) mass is 238 g/mol. The number of benzene rings is 1. The van der Waals surface area contributed by atoms with Gasteiger partial charge in [0.15, 0.2) is 0 Å². The van der Waals surface area contributed by atoms with E-state index in [1.54, 1.807) is 6.92 Å². The van der Waals surface area contributed by atoms with Crippen molar-refractivity contribution in [2.24, 2.45) is 0 Å². The van der Waals surface area contributed by atoms with Crippen LogP contribution in [0.1, 0.15) is 11.5 Å². The van der Waals surface area contributed by atoms with Gasteiger partial charge in [-0.3, -0.25) is 0 Å². The number of aliphatic hydroxyl groups excluding tert-OH is 1. The first-order valence-electron chi connectivity index (χ1n) is 5.23. The maximum Gasteiger partial charge on any atom is 0.132 e. The number of nitrogens with one attached hydrogen (secondary N) is 1. The summed E-state index contributed by atoms with van der Waals surface area (Å²) in [5, 5.41) is 8.80. The average molecular weight is 238 g/mol. The number of aryl methyl sites for hydroxylation is 1. The third-order valence-corrected chi connectivity index (χ3v) is 2.47. The van der Waals surface area contributed by atoms with Crippen LogP contribution in [0.15, 0.2) is 18.2 Å². The molecule has 0 unspecified atom stereocenters. The lowest BCUT2D eigenvalue weighted by atomic mass is 10.1. The number of aromatic amines is 1. The highest BCUT2D eigenvalue weighted by atomic mass is 19.1. The van der Waals surface area contributed by atoms with Crippen molar-refractivity contribution in [2.75, 3.05) is 6.61 Å². The number of aromatic nitrogens is 2. The molecule has 0 saturated heterocycles. The third-order valence-electron chi connectivity index (χ3n) is 2.47. The Bertz CT molecular complexity index is 537. The van der Waals surface area contributed by atoms with Crippen molar-refractivity contribution in [2.45, 2.75) is 13.3 Å². The van der Waals surface area contributed by atoms with E-state index in [9.17, 15) is 8.78 Å². The number of halogens is 2. The molecule has 1 heterocycles. The van der Waals surface area contributed by atoms with Crippen molar-refractivity contribution in [1.29, 1.82) is 0 Å². The normalized spacial score (nSPS) is 10.8. The highest BCUT2D eigenvalue weighted by Gasteiger charge is 2.13. The van der Waals surface area contributed by atoms with Crippen molar-refractivity contribution in [3.63, 3.8) is 0 Å². The van der Waals surface area contributed by atoms with Gasteiger partial charge in [-0.05, 0) is 25.1 Å². The summed E-state index contributed by atoms with van der Waals surface area (Å²) >= 11 is 0. The van der Waals surface area contributed by atoms with Gasteiger partial charge in [-0.15, -0.1) is 0 Å². The molecule has 0 atom stereocenters. The third kappa shape index (κ3) is 2.34. The molecule has 1 aromatic carbocycles. The van der Waals surface area contributed by atoms with E-state index in [0.29, 0.717) is 23.6 Å². The van der Waals surface area contributed by atoms with Crippen LogP contribution in [0, 0.1) is 18.6 Å². The van der Waals surface area contributed by atoms with E-state index in [2.05, 4.69) is 9.97 Å². The number of rotatable bonds is 3. The zero-order chi connectivity index (χ0) is 12.4. The number of hydrogen-bond donors (Lipinski definition) is 2. The number of imidazole rings is 1. The molecule has 2 aromatic rings. The van der Waals surface area contributed by atoms with Gasteiger partial charge < -0.3 is 10.1 Å². The van der Waals surface area contributed by atoms with Crippen LogP contribution >= 0.6 is 0 Å². The molecule has 17 heavy (non-hydrogen) atoms. The molecule has 0 aliphatic carbocycles. The maximum absolute atomic E-state index is 13.6. The molecule has 0 fully saturated rings. The second-order valence-corrected chi connectivity index (χ2v) is 3.75. The van der Waals surface area contributed by atoms with Crippen LogP contribution < -0.4 is 0 Å². The maximum atomic E-state index is 13.6. The predicted octanol–water partition coefficient (Wildman–Crippen LogP) is 2.20. The van der Waals surface area contributed by atoms with E-state index < -0.39 is 11.6 Å². The SMILES string of the molecule is Cc1[nH]c(CCO)nc1-c1cc(F)ccc1F. The number of H-pyrrole nitrogens is 1. The summed E-state index contributed by atoms with van der Waals surface area (Å²) in [6.45, 7) is 1.69. The quantitative estimate of drug-likeness (QED) is 0.861. The van der Waals surface area contributed by atoms with Crippen LogP contribution in [0.25, 0.3) is 11.3 Å². The zero-order valence-corrected chi connectivity index (χ0v) is 9.30. The van der Waals surface area contributed by atoms with Gasteiger partial charge in [0.25, 0.3) is 0 Å². The van der Waals surface area contributed by atoms with Gasteiger partial charge in [0.2, 0.25) is 0 Å². The fourth-order valence-electron chi connectivity index (χ4n) is 1.69. The first kappa shape index (κ1) is 11.7. The molecule has 0 aliphatic rings. The molecule has 0 spiro atoms. The first-order valence-corrected chi connectivity index (χ1v) is 5.23. The largest absolute Gasteiger partial charge is 0.396 e. The molecule has 1 aromatic heterocycles. The van der Waals surface area contributed by atoms with Gasteiger partial charge in [-0.2, -0.15) is 0 Å². The Labute approximate surface area is 97.1 Å². The van der Waals surface area contributed by atoms with Gasteiger partial charge >= 0.3 is 0 Å². The topological polar surface area (TPSA) is 48.9 Å². The van der Waals surface area contributed by atoms with Crippen molar-refractivity contribution < 1.29 is 13.9 Å². The minimum Gasteiger partial charge on any atom is -0.396 e. The zero-order valence-electron chi connectivity index (χ0n) is 9.30. The fraction of sp³-hybridized carbons (Fsp3) is 0.250. The number of hydrogen-bond acceptors (Lipinski definition) is 2. The van der Waals surface area contributed by atoms with E-state index in [-0.39, 0.29) is 12.2 Å². The second kappa shape index (κ2) is 4.63. The summed E-state index contributed by atoms with van der Waals surface area (Å²) in [5.41, 5.74) is 1.16. The summed E-state index contributed by atoms with van der Waals surface area (Å²) in [5.74, 6) is -0.465. The van der Waals surface area contributed by atoms with Gasteiger partial charge in [0, 0.05) is 17.7 Å². The van der Waals surface area contributed by atoms with E-state index in [1.165, 1.54) is 0 Å². The smallest absolute Gasteiger partial charge is 0.132 e. The summed E-state index contributed by atoms with van der Waals surface area (Å²) < 4.78 is 26.6. The predicted molar refractivity (Wildman–Crippen MR) is 59.5 cm³/mol. The summed E-state index contributed by atoms with van der Waals surface area (Å²) in [4.78, 5) is 7.08. The molecule has 0 aliphatic heterocycles. The van der Waals surface area contributed by atoms with Crippen LogP contribution in [0.3, 0.4) is 0 Å². The van der Waals surface area contributed by atoms with Gasteiger partial charge in [0.05, 0.1) is 12.3 Å². The molecule has 0 bridgehead atoms. The average Bonchev–Trinajstić information content (AvgIpc) is 2.64. The summed E-state index contributed by atoms with van der Waals surface area (Å²) in [7, 11) is 0. The van der Waals surface area contributed by atoms with Crippen molar-refractivity contribution in [1.82, 2.24) is 9.97 Å². The van der Waals surface area contributed by atoms with Crippen molar-refractivity contribution in [3.05, 3.63) is 41.4 Å². The van der Waals surface area contributed by atoms with Crippen LogP contribution in [0.4, 0.5) is 8.78 Å². The van der Waals surface area contributed by atoms with E-state index >= 15 is 0 Å². The lowest BCUT2D eigenvalue weighted by Gasteiger charge is -2.00.